The Labute approximate surface area is 180 Å². The Morgan fingerprint density at radius 2 is 1.47 bits per heavy atom. The fraction of sp³-hybridized carbons (Fsp3) is 0.333. The smallest absolute Gasteiger partial charge is 0.264 e. The largest absolute Gasteiger partial charge is 0.296 e. The Balaban J connectivity index is 2.26. The summed E-state index contributed by atoms with van der Waals surface area (Å²) in [6, 6.07) is 15.5. The molecule has 0 fully saturated rings. The Morgan fingerprint density at radius 1 is 0.833 bits per heavy atom. The number of nitrogens with zero attached hydrogens (tertiary/aromatic N) is 3. The van der Waals surface area contributed by atoms with Crippen LogP contribution >= 0.6 is 0 Å². The number of hydrogen-bond donors (Lipinski definition) is 0. The van der Waals surface area contributed by atoms with Crippen LogP contribution in [-0.4, -0.2) is 9.55 Å². The van der Waals surface area contributed by atoms with Crippen molar-refractivity contribution in [3.63, 3.8) is 0 Å². The van der Waals surface area contributed by atoms with E-state index in [1.54, 1.807) is 0 Å². The first-order valence-electron chi connectivity index (χ1n) is 10.9. The molecule has 0 radical (unpaired) electrons. The van der Waals surface area contributed by atoms with Crippen LogP contribution in [0.5, 0.6) is 0 Å². The molecule has 3 heteroatoms. The molecule has 2 aromatic heterocycles. The fourth-order valence-electron chi connectivity index (χ4n) is 4.63. The summed E-state index contributed by atoms with van der Waals surface area (Å²) in [5.41, 5.74) is 10.3. The highest BCUT2D eigenvalue weighted by atomic mass is 15.2. The van der Waals surface area contributed by atoms with Crippen molar-refractivity contribution < 1.29 is 4.57 Å². The average Bonchev–Trinajstić information content (AvgIpc) is 3.01. The third kappa shape index (κ3) is 3.13. The van der Waals surface area contributed by atoms with E-state index in [0.717, 1.165) is 0 Å². The molecule has 0 amide bonds. The molecule has 2 aromatic carbocycles. The molecule has 0 N–H and O–H groups in total. The van der Waals surface area contributed by atoms with Gasteiger partial charge in [-0.3, -0.25) is 4.98 Å². The molecule has 0 spiro atoms. The highest BCUT2D eigenvalue weighted by Gasteiger charge is 2.31. The van der Waals surface area contributed by atoms with E-state index in [4.69, 9.17) is 0 Å². The van der Waals surface area contributed by atoms with E-state index >= 15 is 0 Å². The van der Waals surface area contributed by atoms with Crippen LogP contribution in [0.2, 0.25) is 0 Å². The van der Waals surface area contributed by atoms with Crippen LogP contribution in [0, 0.1) is 13.8 Å². The van der Waals surface area contributed by atoms with Crippen molar-refractivity contribution in [2.45, 2.75) is 53.4 Å². The van der Waals surface area contributed by atoms with Crippen molar-refractivity contribution >= 4 is 11.0 Å². The Hall–Kier alpha value is -2.94. The van der Waals surface area contributed by atoms with E-state index in [1.165, 1.54) is 50.4 Å². The van der Waals surface area contributed by atoms with Crippen LogP contribution in [0.3, 0.4) is 0 Å². The topological polar surface area (TPSA) is 21.7 Å². The van der Waals surface area contributed by atoms with E-state index in [-0.39, 0.29) is 0 Å². The zero-order valence-corrected chi connectivity index (χ0v) is 19.2. The van der Waals surface area contributed by atoms with Gasteiger partial charge >= 0.3 is 0 Å². The quantitative estimate of drug-likeness (QED) is 0.366. The number of pyridine rings is 1. The lowest BCUT2D eigenvalue weighted by Crippen LogP contribution is -2.31. The zero-order chi connectivity index (χ0) is 21.6. The van der Waals surface area contributed by atoms with Crippen LogP contribution in [0.1, 0.15) is 61.8 Å². The number of benzene rings is 2. The number of aryl methyl sites for hydroxylation is 3. The van der Waals surface area contributed by atoms with E-state index in [9.17, 15) is 0 Å². The van der Waals surface area contributed by atoms with Gasteiger partial charge in [0.1, 0.15) is 5.69 Å². The minimum Gasteiger partial charge on any atom is -0.264 e. The molecular weight excluding hydrogens is 366 g/mol. The number of para-hydroxylation sites is 2. The van der Waals surface area contributed by atoms with Crippen LogP contribution < -0.4 is 4.57 Å². The van der Waals surface area contributed by atoms with E-state index in [0.29, 0.717) is 11.8 Å². The average molecular weight is 399 g/mol. The highest BCUT2D eigenvalue weighted by Crippen LogP contribution is 2.37. The predicted octanol–water partition coefficient (Wildman–Crippen LogP) is 6.38. The molecule has 4 aromatic rings. The molecule has 2 heterocycles. The van der Waals surface area contributed by atoms with Crippen LogP contribution in [0.25, 0.3) is 28.1 Å². The minimum absolute atomic E-state index is 0.425. The summed E-state index contributed by atoms with van der Waals surface area (Å²) in [5.74, 6) is 2.03. The fourth-order valence-corrected chi connectivity index (χ4v) is 4.63. The second-order valence-corrected chi connectivity index (χ2v) is 8.95. The number of fused-ring (bicyclic) bond motifs is 1. The van der Waals surface area contributed by atoms with Crippen molar-refractivity contribution in [1.29, 1.82) is 0 Å². The molecule has 0 bridgehead atoms. The second kappa shape index (κ2) is 7.71. The van der Waals surface area contributed by atoms with Crippen LogP contribution in [0.4, 0.5) is 0 Å². The van der Waals surface area contributed by atoms with Crippen molar-refractivity contribution in [2.24, 2.45) is 7.05 Å². The van der Waals surface area contributed by atoms with Crippen molar-refractivity contribution in [1.82, 2.24) is 9.55 Å². The van der Waals surface area contributed by atoms with Gasteiger partial charge in [-0.2, -0.15) is 4.57 Å². The summed E-state index contributed by atoms with van der Waals surface area (Å²) in [7, 11) is 2.18. The number of imidazole rings is 1. The first-order chi connectivity index (χ1) is 14.3. The standard InChI is InChI=1S/C27H32N3/c1-17(2)21-11-9-12-22(18(3)4)26(21)30-24-13-8-10-20(6)25(24)29(7)27(30)23-16-28-15-14-19(23)5/h8-18H,1-7H3/q+1. The first kappa shape index (κ1) is 20.3. The lowest BCUT2D eigenvalue weighted by Gasteiger charge is -2.18. The molecule has 30 heavy (non-hydrogen) atoms. The first-order valence-corrected chi connectivity index (χ1v) is 10.9. The minimum atomic E-state index is 0.425. The van der Waals surface area contributed by atoms with Gasteiger partial charge in [0, 0.05) is 29.1 Å². The predicted molar refractivity (Wildman–Crippen MR) is 125 cm³/mol. The number of hydrogen-bond acceptors (Lipinski definition) is 1. The van der Waals surface area contributed by atoms with Gasteiger partial charge in [-0.25, -0.2) is 4.57 Å². The number of aromatic nitrogens is 3. The van der Waals surface area contributed by atoms with Crippen LogP contribution in [0.15, 0.2) is 54.9 Å². The maximum Gasteiger partial charge on any atom is 0.296 e. The van der Waals surface area contributed by atoms with E-state index < -0.39 is 0 Å². The van der Waals surface area contributed by atoms with E-state index in [2.05, 4.69) is 105 Å². The molecule has 154 valence electrons. The normalized spacial score (nSPS) is 11.8. The molecule has 0 aliphatic carbocycles. The lowest BCUT2D eigenvalue weighted by atomic mass is 9.92. The lowest BCUT2D eigenvalue weighted by molar-refractivity contribution is -0.634. The van der Waals surface area contributed by atoms with Gasteiger partial charge in [0.05, 0.1) is 12.6 Å². The summed E-state index contributed by atoms with van der Waals surface area (Å²) in [6.07, 6.45) is 3.88. The van der Waals surface area contributed by atoms with Gasteiger partial charge in [-0.05, 0) is 43.4 Å². The van der Waals surface area contributed by atoms with Gasteiger partial charge in [-0.1, -0.05) is 58.0 Å². The van der Waals surface area contributed by atoms with Gasteiger partial charge in [-0.15, -0.1) is 0 Å². The van der Waals surface area contributed by atoms with Gasteiger partial charge in [0.15, 0.2) is 11.0 Å². The molecule has 0 saturated carbocycles. The second-order valence-electron chi connectivity index (χ2n) is 8.95. The molecule has 0 atom stereocenters. The van der Waals surface area contributed by atoms with Crippen molar-refractivity contribution in [2.75, 3.05) is 0 Å². The summed E-state index contributed by atoms with van der Waals surface area (Å²) >= 11 is 0. The number of rotatable bonds is 4. The Bertz CT molecular complexity index is 1200. The third-order valence-electron chi connectivity index (χ3n) is 6.17. The molecule has 0 aliphatic rings. The van der Waals surface area contributed by atoms with Crippen molar-refractivity contribution in [3.05, 3.63) is 77.1 Å². The summed E-state index contributed by atoms with van der Waals surface area (Å²) in [6.45, 7) is 13.5. The Kier molecular flexibility index (Phi) is 5.23. The zero-order valence-electron chi connectivity index (χ0n) is 19.2. The van der Waals surface area contributed by atoms with Gasteiger partial charge < -0.3 is 0 Å². The molecular formula is C27H32N3+. The van der Waals surface area contributed by atoms with Gasteiger partial charge in [0.25, 0.3) is 5.82 Å². The monoisotopic (exact) mass is 398 g/mol. The maximum atomic E-state index is 4.48. The molecule has 0 unspecified atom stereocenters. The third-order valence-corrected chi connectivity index (χ3v) is 6.17. The molecule has 0 saturated heterocycles. The summed E-state index contributed by atoms with van der Waals surface area (Å²) < 4.78 is 4.83. The molecule has 4 rings (SSSR count). The Morgan fingerprint density at radius 3 is 2.07 bits per heavy atom. The SMILES string of the molecule is Cc1ccncc1-c1n(-c2c(C(C)C)cccc2C(C)C)c2cccc(C)c2[n+]1C. The van der Waals surface area contributed by atoms with Gasteiger partial charge in [0.2, 0.25) is 0 Å². The summed E-state index contributed by atoms with van der Waals surface area (Å²) in [4.78, 5) is 4.48. The summed E-state index contributed by atoms with van der Waals surface area (Å²) in [5, 5.41) is 0. The highest BCUT2D eigenvalue weighted by molar-refractivity contribution is 5.83. The molecule has 3 nitrogen and oxygen atoms in total. The van der Waals surface area contributed by atoms with Crippen molar-refractivity contribution in [3.8, 4) is 17.1 Å². The maximum absolute atomic E-state index is 4.48. The van der Waals surface area contributed by atoms with Crippen LogP contribution in [-0.2, 0) is 7.05 Å². The van der Waals surface area contributed by atoms with E-state index in [1.807, 2.05) is 12.4 Å². The molecule has 0 aliphatic heterocycles.